The van der Waals surface area contributed by atoms with Gasteiger partial charge in [-0.1, -0.05) is 58.7 Å². The molecular weight excluding hydrogens is 455 g/mol. The number of ether oxygens (including phenoxy) is 1. The van der Waals surface area contributed by atoms with Crippen molar-refractivity contribution in [3.8, 4) is 5.75 Å². The molecule has 1 N–H and O–H groups in total. The summed E-state index contributed by atoms with van der Waals surface area (Å²) in [7, 11) is 1.82. The fraction of sp³-hybridized carbons (Fsp3) is 0.211. The maximum absolute atomic E-state index is 12.2. The van der Waals surface area contributed by atoms with E-state index < -0.39 is 0 Å². The summed E-state index contributed by atoms with van der Waals surface area (Å²) in [6.45, 7) is 1.86. The lowest BCUT2D eigenvalue weighted by atomic mass is 10.3. The smallest absolute Gasteiger partial charge is 0.234 e. The number of nitrogens with zero attached hydrogens (tertiary/aromatic N) is 3. The van der Waals surface area contributed by atoms with Gasteiger partial charge in [-0.3, -0.25) is 4.79 Å². The quantitative estimate of drug-likeness (QED) is 0.451. The van der Waals surface area contributed by atoms with Gasteiger partial charge in [-0.25, -0.2) is 0 Å². The van der Waals surface area contributed by atoms with Crippen LogP contribution < -0.4 is 10.1 Å². The fourth-order valence-corrected chi connectivity index (χ4v) is 3.85. The average Bonchev–Trinajstić information content (AvgIpc) is 3.05. The largest absolute Gasteiger partial charge is 0.481 e. The number of carbonyl (C=O) groups excluding carboxylic acids is 1. The number of hydrogen-bond acceptors (Lipinski definition) is 5. The molecule has 29 heavy (non-hydrogen) atoms. The third kappa shape index (κ3) is 5.57. The van der Waals surface area contributed by atoms with E-state index in [0.29, 0.717) is 37.5 Å². The number of benzene rings is 2. The molecule has 2 aromatic carbocycles. The number of anilines is 1. The molecule has 0 spiro atoms. The van der Waals surface area contributed by atoms with Crippen molar-refractivity contribution in [3.05, 3.63) is 63.4 Å². The first-order chi connectivity index (χ1) is 13.8. The molecule has 3 rings (SSSR count). The van der Waals surface area contributed by atoms with Crippen LogP contribution in [0.1, 0.15) is 18.9 Å². The molecule has 152 valence electrons. The predicted molar refractivity (Wildman–Crippen MR) is 117 cm³/mol. The predicted octanol–water partition coefficient (Wildman–Crippen LogP) is 5.65. The van der Waals surface area contributed by atoms with Gasteiger partial charge in [-0.05, 0) is 37.3 Å². The Hall–Kier alpha value is -1.93. The zero-order valence-corrected chi connectivity index (χ0v) is 18.6. The van der Waals surface area contributed by atoms with Gasteiger partial charge in [0.05, 0.1) is 21.5 Å². The second-order valence-corrected chi connectivity index (χ2v) is 8.24. The van der Waals surface area contributed by atoms with E-state index >= 15 is 0 Å². The minimum absolute atomic E-state index is 0.144. The van der Waals surface area contributed by atoms with Crippen LogP contribution in [0.5, 0.6) is 5.75 Å². The zero-order chi connectivity index (χ0) is 21.0. The minimum atomic E-state index is -0.372. The maximum atomic E-state index is 12.2. The van der Waals surface area contributed by atoms with E-state index in [2.05, 4.69) is 15.5 Å². The Kier molecular flexibility index (Phi) is 7.29. The lowest BCUT2D eigenvalue weighted by molar-refractivity contribution is -0.113. The second-order valence-electron chi connectivity index (χ2n) is 6.05. The number of thioether (sulfide) groups is 1. The number of hydrogen-bond donors (Lipinski definition) is 1. The molecule has 0 aliphatic heterocycles. The van der Waals surface area contributed by atoms with E-state index in [9.17, 15) is 4.79 Å². The summed E-state index contributed by atoms with van der Waals surface area (Å²) < 4.78 is 7.67. The first kappa shape index (κ1) is 21.8. The van der Waals surface area contributed by atoms with Crippen LogP contribution in [0.25, 0.3) is 0 Å². The highest BCUT2D eigenvalue weighted by molar-refractivity contribution is 7.99. The Morgan fingerprint density at radius 1 is 1.17 bits per heavy atom. The summed E-state index contributed by atoms with van der Waals surface area (Å²) in [6.07, 6.45) is -0.372. The number of rotatable bonds is 7. The van der Waals surface area contributed by atoms with E-state index in [1.807, 2.05) is 26.1 Å². The van der Waals surface area contributed by atoms with Crippen molar-refractivity contribution in [2.45, 2.75) is 18.2 Å². The molecule has 1 unspecified atom stereocenters. The van der Waals surface area contributed by atoms with E-state index in [1.165, 1.54) is 11.8 Å². The highest BCUT2D eigenvalue weighted by atomic mass is 35.5. The van der Waals surface area contributed by atoms with Crippen LogP contribution in [-0.4, -0.2) is 26.4 Å². The first-order valence-electron chi connectivity index (χ1n) is 8.53. The van der Waals surface area contributed by atoms with Gasteiger partial charge >= 0.3 is 0 Å². The van der Waals surface area contributed by atoms with Crippen molar-refractivity contribution in [3.63, 3.8) is 0 Å². The van der Waals surface area contributed by atoms with Crippen LogP contribution >= 0.6 is 46.6 Å². The minimum Gasteiger partial charge on any atom is -0.481 e. The molecule has 0 bridgehead atoms. The Bertz CT molecular complexity index is 1030. The van der Waals surface area contributed by atoms with Gasteiger partial charge in [-0.2, -0.15) is 0 Å². The first-order valence-corrected chi connectivity index (χ1v) is 10.6. The van der Waals surface area contributed by atoms with Gasteiger partial charge < -0.3 is 14.6 Å². The van der Waals surface area contributed by atoms with Crippen LogP contribution in [0, 0.1) is 0 Å². The van der Waals surface area contributed by atoms with Gasteiger partial charge in [0.1, 0.15) is 5.75 Å². The van der Waals surface area contributed by atoms with E-state index in [4.69, 9.17) is 39.5 Å². The van der Waals surface area contributed by atoms with Crippen LogP contribution in [-0.2, 0) is 11.8 Å². The molecule has 1 heterocycles. The maximum Gasteiger partial charge on any atom is 0.234 e. The average molecular weight is 472 g/mol. The van der Waals surface area contributed by atoms with Gasteiger partial charge in [0.25, 0.3) is 0 Å². The van der Waals surface area contributed by atoms with E-state index in [1.54, 1.807) is 34.9 Å². The van der Waals surface area contributed by atoms with Crippen molar-refractivity contribution in [1.82, 2.24) is 14.8 Å². The topological polar surface area (TPSA) is 69.0 Å². The van der Waals surface area contributed by atoms with Crippen molar-refractivity contribution < 1.29 is 9.53 Å². The van der Waals surface area contributed by atoms with Gasteiger partial charge in [0, 0.05) is 12.1 Å². The Morgan fingerprint density at radius 2 is 1.93 bits per heavy atom. The molecule has 1 amide bonds. The Labute approximate surface area is 187 Å². The molecule has 6 nitrogen and oxygen atoms in total. The monoisotopic (exact) mass is 470 g/mol. The van der Waals surface area contributed by atoms with E-state index in [0.717, 1.165) is 0 Å². The highest BCUT2D eigenvalue weighted by Crippen LogP contribution is 2.29. The number of amides is 1. The summed E-state index contributed by atoms with van der Waals surface area (Å²) in [4.78, 5) is 12.2. The van der Waals surface area contributed by atoms with Gasteiger partial charge in [0.15, 0.2) is 17.1 Å². The lowest BCUT2D eigenvalue weighted by Crippen LogP contribution is -2.15. The zero-order valence-electron chi connectivity index (χ0n) is 15.5. The molecule has 0 aliphatic carbocycles. The van der Waals surface area contributed by atoms with Crippen molar-refractivity contribution in [2.75, 3.05) is 11.1 Å². The van der Waals surface area contributed by atoms with Crippen LogP contribution in [0.2, 0.25) is 15.1 Å². The van der Waals surface area contributed by atoms with Crippen LogP contribution in [0.4, 0.5) is 5.69 Å². The number of aromatic nitrogens is 3. The summed E-state index contributed by atoms with van der Waals surface area (Å²) in [5.41, 5.74) is 0.502. The van der Waals surface area contributed by atoms with E-state index in [-0.39, 0.29) is 17.8 Å². The SMILES string of the molecule is CC(Oc1ccccc1Cl)c1nnc(SCC(=O)Nc2ccc(Cl)cc2Cl)n1C. The number of para-hydroxylation sites is 1. The van der Waals surface area contributed by atoms with Crippen LogP contribution in [0.3, 0.4) is 0 Å². The molecule has 0 fully saturated rings. The summed E-state index contributed by atoms with van der Waals surface area (Å²) in [5.74, 6) is 1.11. The molecule has 1 atom stereocenters. The second kappa shape index (κ2) is 9.71. The normalized spacial score (nSPS) is 11.9. The summed E-state index contributed by atoms with van der Waals surface area (Å²) in [6, 6.07) is 12.1. The van der Waals surface area contributed by atoms with Crippen molar-refractivity contribution in [1.29, 1.82) is 0 Å². The molecular formula is C19H17Cl3N4O2S. The highest BCUT2D eigenvalue weighted by Gasteiger charge is 2.19. The third-order valence-electron chi connectivity index (χ3n) is 3.91. The molecule has 0 saturated carbocycles. The van der Waals surface area contributed by atoms with Crippen molar-refractivity contribution in [2.24, 2.45) is 7.05 Å². The third-order valence-corrected chi connectivity index (χ3v) is 5.79. The van der Waals surface area contributed by atoms with Gasteiger partial charge in [-0.15, -0.1) is 10.2 Å². The molecule has 3 aromatic rings. The van der Waals surface area contributed by atoms with Crippen molar-refractivity contribution >= 4 is 58.2 Å². The Balaban J connectivity index is 1.60. The Morgan fingerprint density at radius 3 is 2.66 bits per heavy atom. The standard InChI is InChI=1S/C19H17Cl3N4O2S/c1-11(28-16-6-4-3-5-13(16)21)18-24-25-19(26(18)2)29-10-17(27)23-15-8-7-12(20)9-14(15)22/h3-9,11H,10H2,1-2H3,(H,23,27). The number of nitrogens with one attached hydrogen (secondary N) is 1. The molecule has 1 aromatic heterocycles. The van der Waals surface area contributed by atoms with Gasteiger partial charge in [0.2, 0.25) is 5.91 Å². The molecule has 0 saturated heterocycles. The summed E-state index contributed by atoms with van der Waals surface area (Å²) in [5, 5.41) is 13.1. The fourth-order valence-electron chi connectivity index (χ4n) is 2.50. The van der Waals surface area contributed by atoms with Crippen LogP contribution in [0.15, 0.2) is 47.6 Å². The number of carbonyl (C=O) groups is 1. The molecule has 10 heteroatoms. The summed E-state index contributed by atoms with van der Waals surface area (Å²) >= 11 is 19.3. The number of halogens is 3. The molecule has 0 aliphatic rings. The molecule has 0 radical (unpaired) electrons. The lowest BCUT2D eigenvalue weighted by Gasteiger charge is -2.15.